The highest BCUT2D eigenvalue weighted by atomic mass is 16.6. The number of fused-ring (bicyclic) bond motifs is 10. The molecule has 0 radical (unpaired) electrons. The van der Waals surface area contributed by atoms with Crippen LogP contribution in [-0.4, -0.2) is 33.1 Å². The monoisotopic (exact) mass is 742 g/mol. The zero-order valence-corrected chi connectivity index (χ0v) is 32.8. The molecule has 0 N–H and O–H groups in total. The van der Waals surface area contributed by atoms with Gasteiger partial charge in [0.25, 0.3) is 6.71 Å². The third-order valence-electron chi connectivity index (χ3n) is 11.7. The summed E-state index contributed by atoms with van der Waals surface area (Å²) < 4.78 is 38.5. The van der Waals surface area contributed by atoms with E-state index in [2.05, 4.69) is 131 Å². The average Bonchev–Trinajstić information content (AvgIpc) is 3.75. The van der Waals surface area contributed by atoms with Crippen LogP contribution in [0.4, 0.5) is 34.5 Å². The van der Waals surface area contributed by atoms with Crippen molar-refractivity contribution in [2.75, 3.05) is 36.2 Å². The summed E-state index contributed by atoms with van der Waals surface area (Å²) in [7, 11) is 0. The second-order valence-corrected chi connectivity index (χ2v) is 17.5. The molecule has 11 rings (SSSR count). The van der Waals surface area contributed by atoms with Crippen molar-refractivity contribution in [3.05, 3.63) is 102 Å². The number of hydrogen-bond donors (Lipinski definition) is 0. The molecule has 0 atom stereocenters. The summed E-state index contributed by atoms with van der Waals surface area (Å²) in [6, 6.07) is 30.3. The van der Waals surface area contributed by atoms with Crippen LogP contribution in [0.1, 0.15) is 58.2 Å². The number of rotatable bonds is 2. The lowest BCUT2D eigenvalue weighted by atomic mass is 9.33. The first-order valence-corrected chi connectivity index (χ1v) is 19.6. The molecule has 4 aliphatic heterocycles. The molecule has 0 spiro atoms. The Bertz CT molecular complexity index is 2600. The quantitative estimate of drug-likeness (QED) is 0.162. The summed E-state index contributed by atoms with van der Waals surface area (Å²) in [4.78, 5) is 4.56. The molecule has 2 aromatic heterocycles. The maximum atomic E-state index is 7.10. The van der Waals surface area contributed by atoms with Crippen LogP contribution >= 0.6 is 0 Å². The van der Waals surface area contributed by atoms with Gasteiger partial charge in [-0.25, -0.2) is 0 Å². The van der Waals surface area contributed by atoms with E-state index in [1.807, 2.05) is 12.1 Å². The van der Waals surface area contributed by atoms with E-state index >= 15 is 0 Å². The fourth-order valence-corrected chi connectivity index (χ4v) is 8.96. The van der Waals surface area contributed by atoms with Gasteiger partial charge in [0.15, 0.2) is 23.0 Å². The molecule has 0 saturated heterocycles. The molecule has 0 bridgehead atoms. The van der Waals surface area contributed by atoms with Gasteiger partial charge in [0.05, 0.1) is 11.4 Å². The summed E-state index contributed by atoms with van der Waals surface area (Å²) in [5, 5.41) is 2.19. The van der Waals surface area contributed by atoms with Crippen LogP contribution in [0.15, 0.2) is 93.8 Å². The van der Waals surface area contributed by atoms with Crippen LogP contribution in [0.2, 0.25) is 0 Å². The first-order valence-electron chi connectivity index (χ1n) is 19.6. The van der Waals surface area contributed by atoms with Crippen molar-refractivity contribution < 1.29 is 27.8 Å². The van der Waals surface area contributed by atoms with Crippen molar-refractivity contribution in [1.82, 2.24) is 0 Å². The highest BCUT2D eigenvalue weighted by molar-refractivity contribution is 7.02. The van der Waals surface area contributed by atoms with Gasteiger partial charge in [0, 0.05) is 45.2 Å². The van der Waals surface area contributed by atoms with Gasteiger partial charge in [-0.1, -0.05) is 53.7 Å². The van der Waals surface area contributed by atoms with Gasteiger partial charge in [0.2, 0.25) is 11.8 Å². The molecule has 0 unspecified atom stereocenters. The van der Waals surface area contributed by atoms with E-state index in [4.69, 9.17) is 27.8 Å². The molecule has 6 heterocycles. The Kier molecular flexibility index (Phi) is 6.88. The van der Waals surface area contributed by atoms with Crippen molar-refractivity contribution >= 4 is 79.6 Å². The lowest BCUT2D eigenvalue weighted by Crippen LogP contribution is -2.60. The smallest absolute Gasteiger partial charge is 0.262 e. The number of ether oxygens (including phenoxy) is 4. The molecule has 5 aromatic carbocycles. The fourth-order valence-electron chi connectivity index (χ4n) is 8.96. The molecule has 8 nitrogen and oxygen atoms in total. The normalized spacial score (nSPS) is 15.6. The van der Waals surface area contributed by atoms with Gasteiger partial charge >= 0.3 is 0 Å². The van der Waals surface area contributed by atoms with E-state index < -0.39 is 0 Å². The minimum Gasteiger partial charge on any atom is -0.486 e. The van der Waals surface area contributed by atoms with E-state index in [1.165, 1.54) is 16.6 Å². The lowest BCUT2D eigenvalue weighted by molar-refractivity contribution is 0.171. The van der Waals surface area contributed by atoms with E-state index in [1.54, 1.807) is 0 Å². The summed E-state index contributed by atoms with van der Waals surface area (Å²) in [6.45, 7) is 17.6. The van der Waals surface area contributed by atoms with Crippen molar-refractivity contribution in [2.45, 2.75) is 59.3 Å². The number of aryl methyl sites for hydroxylation is 1. The Morgan fingerprint density at radius 1 is 0.482 bits per heavy atom. The summed E-state index contributed by atoms with van der Waals surface area (Å²) in [5.74, 6) is 4.51. The molecule has 56 heavy (non-hydrogen) atoms. The summed E-state index contributed by atoms with van der Waals surface area (Å²) in [6.07, 6.45) is 0. The van der Waals surface area contributed by atoms with E-state index in [0.717, 1.165) is 95.9 Å². The number of hydrogen-bond acceptors (Lipinski definition) is 8. The van der Waals surface area contributed by atoms with Crippen molar-refractivity contribution in [3.63, 3.8) is 0 Å². The standard InChI is InChI=1S/C47H43BN2O6/c1-26-20-33-43-34(21-26)50(30-11-15-38-40(25-30)54-19-17-52-38)45-42(32-23-28(47(5,6)7)9-13-36(32)56-45)48(43)41-31-22-27(46(2,3)4)8-12-35(31)55-44(41)49(33)29-10-14-37-39(24-29)53-18-16-51-37/h8-15,20-25H,16-19H2,1-7H3. The molecular formula is C47H43BN2O6. The van der Waals surface area contributed by atoms with E-state index in [-0.39, 0.29) is 17.5 Å². The van der Waals surface area contributed by atoms with Crippen molar-refractivity contribution in [2.24, 2.45) is 0 Å². The SMILES string of the molecule is Cc1cc2c3c(c1)N(c1ccc4c(c1)OCCO4)c1oc4ccc(C(C)(C)C)cc4c1B3c1c(oc3ccc(C(C)(C)C)cc13)N2c1ccc2c(c1)OCCO2. The molecular weight excluding hydrogens is 699 g/mol. The van der Waals surface area contributed by atoms with Gasteiger partial charge in [-0.2, -0.15) is 0 Å². The molecule has 7 aromatic rings. The van der Waals surface area contributed by atoms with Crippen molar-refractivity contribution in [1.29, 1.82) is 0 Å². The van der Waals surface area contributed by atoms with E-state index in [0.29, 0.717) is 26.4 Å². The lowest BCUT2D eigenvalue weighted by Gasteiger charge is -2.41. The molecule has 4 aliphatic rings. The first kappa shape index (κ1) is 33.4. The molecule has 0 saturated carbocycles. The third kappa shape index (κ3) is 4.85. The van der Waals surface area contributed by atoms with Gasteiger partial charge in [-0.3, -0.25) is 9.80 Å². The number of anilines is 6. The predicted octanol–water partition coefficient (Wildman–Crippen LogP) is 9.71. The van der Waals surface area contributed by atoms with Gasteiger partial charge in [0.1, 0.15) is 37.6 Å². The Balaban J connectivity index is 1.27. The van der Waals surface area contributed by atoms with Gasteiger partial charge < -0.3 is 27.8 Å². The van der Waals surface area contributed by atoms with Crippen LogP contribution < -0.4 is 45.1 Å². The minimum atomic E-state index is -0.208. The maximum absolute atomic E-state index is 7.10. The summed E-state index contributed by atoms with van der Waals surface area (Å²) >= 11 is 0. The Hall–Kier alpha value is -5.96. The highest BCUT2D eigenvalue weighted by Crippen LogP contribution is 2.50. The predicted molar refractivity (Wildman–Crippen MR) is 224 cm³/mol. The highest BCUT2D eigenvalue weighted by Gasteiger charge is 2.49. The average molecular weight is 743 g/mol. The zero-order chi connectivity index (χ0) is 38.2. The molecule has 0 amide bonds. The van der Waals surface area contributed by atoms with Crippen LogP contribution in [0.3, 0.4) is 0 Å². The Morgan fingerprint density at radius 2 is 0.911 bits per heavy atom. The van der Waals surface area contributed by atoms with Crippen LogP contribution in [0.5, 0.6) is 23.0 Å². The molecule has 0 aliphatic carbocycles. The zero-order valence-electron chi connectivity index (χ0n) is 32.8. The van der Waals surface area contributed by atoms with Gasteiger partial charge in [-0.15, -0.1) is 0 Å². The second-order valence-electron chi connectivity index (χ2n) is 17.5. The number of benzene rings is 5. The molecule has 280 valence electrons. The van der Waals surface area contributed by atoms with Crippen LogP contribution in [-0.2, 0) is 10.8 Å². The largest absolute Gasteiger partial charge is 0.486 e. The number of nitrogens with zero attached hydrogens (tertiary/aromatic N) is 2. The molecule has 0 fully saturated rings. The van der Waals surface area contributed by atoms with Crippen LogP contribution in [0.25, 0.3) is 21.9 Å². The fraction of sp³-hybridized carbons (Fsp3) is 0.277. The van der Waals surface area contributed by atoms with Crippen LogP contribution in [0, 0.1) is 6.92 Å². The Morgan fingerprint density at radius 3 is 1.34 bits per heavy atom. The third-order valence-corrected chi connectivity index (χ3v) is 11.7. The Labute approximate surface area is 326 Å². The molecule has 9 heteroatoms. The minimum absolute atomic E-state index is 0.0700. The number of furan rings is 2. The second kappa shape index (κ2) is 11.5. The van der Waals surface area contributed by atoms with E-state index in [9.17, 15) is 0 Å². The maximum Gasteiger partial charge on any atom is 0.262 e. The van der Waals surface area contributed by atoms with Crippen molar-refractivity contribution in [3.8, 4) is 23.0 Å². The van der Waals surface area contributed by atoms with Gasteiger partial charge in [-0.05, 0) is 101 Å². The summed E-state index contributed by atoms with van der Waals surface area (Å²) in [5.41, 5.74) is 12.5. The topological polar surface area (TPSA) is 69.7 Å². The first-order chi connectivity index (χ1) is 26.9.